The first kappa shape index (κ1) is 14.0. The van der Waals surface area contributed by atoms with Gasteiger partial charge in [0, 0.05) is 30.2 Å². The van der Waals surface area contributed by atoms with Crippen molar-refractivity contribution in [3.05, 3.63) is 35.2 Å². The summed E-state index contributed by atoms with van der Waals surface area (Å²) in [7, 11) is 3.54. The molecule has 1 aromatic carbocycles. The van der Waals surface area contributed by atoms with E-state index in [-0.39, 0.29) is 17.3 Å². The van der Waals surface area contributed by atoms with E-state index in [1.54, 1.807) is 0 Å². The third-order valence-electron chi connectivity index (χ3n) is 5.23. The number of aliphatic hydroxyl groups is 1. The van der Waals surface area contributed by atoms with Crippen LogP contribution in [0.2, 0.25) is 0 Å². The second-order valence-corrected chi connectivity index (χ2v) is 6.54. The Labute approximate surface area is 129 Å². The zero-order valence-corrected chi connectivity index (χ0v) is 12.8. The van der Waals surface area contributed by atoms with Gasteiger partial charge in [-0.2, -0.15) is 0 Å². The maximum atomic E-state index is 14.7. The molecule has 0 saturated heterocycles. The van der Waals surface area contributed by atoms with Gasteiger partial charge in [-0.05, 0) is 20.0 Å². The fraction of sp³-hybridized carbons (Fsp3) is 0.529. The topological polar surface area (TPSA) is 41.9 Å². The van der Waals surface area contributed by atoms with Crippen molar-refractivity contribution < 1.29 is 19.0 Å². The molecule has 0 saturated carbocycles. The van der Waals surface area contributed by atoms with Crippen molar-refractivity contribution in [3.8, 4) is 11.5 Å². The zero-order valence-electron chi connectivity index (χ0n) is 12.8. The van der Waals surface area contributed by atoms with Crippen LogP contribution in [0.25, 0.3) is 0 Å². The fourth-order valence-corrected chi connectivity index (χ4v) is 4.10. The third-order valence-corrected chi connectivity index (χ3v) is 5.23. The summed E-state index contributed by atoms with van der Waals surface area (Å²) in [5, 5.41) is 9.95. The quantitative estimate of drug-likeness (QED) is 0.806. The van der Waals surface area contributed by atoms with Gasteiger partial charge in [0.1, 0.15) is 11.9 Å². The normalized spacial score (nSPS) is 32.9. The number of ether oxygens (including phenoxy) is 2. The fourth-order valence-electron chi connectivity index (χ4n) is 4.10. The van der Waals surface area contributed by atoms with Crippen molar-refractivity contribution in [2.45, 2.75) is 37.0 Å². The SMILES string of the molecule is COc1cc(F)c2c3c1O[C@H]1C[C@@H](O)C=C[C@@]31CCN(C)C2. The number of hydrogen-bond acceptors (Lipinski definition) is 4. The molecule has 0 unspecified atom stereocenters. The van der Waals surface area contributed by atoms with Gasteiger partial charge in [0.25, 0.3) is 0 Å². The lowest BCUT2D eigenvalue weighted by Gasteiger charge is -2.35. The molecule has 0 radical (unpaired) electrons. The Morgan fingerprint density at radius 3 is 3.09 bits per heavy atom. The zero-order chi connectivity index (χ0) is 15.5. The second kappa shape index (κ2) is 4.70. The lowest BCUT2D eigenvalue weighted by Crippen LogP contribution is -2.42. The van der Waals surface area contributed by atoms with Crippen LogP contribution in [0.5, 0.6) is 11.5 Å². The summed E-state index contributed by atoms with van der Waals surface area (Å²) in [4.78, 5) is 2.13. The van der Waals surface area contributed by atoms with Gasteiger partial charge in [-0.3, -0.25) is 0 Å². The highest BCUT2D eigenvalue weighted by molar-refractivity contribution is 5.61. The van der Waals surface area contributed by atoms with E-state index < -0.39 is 6.10 Å². The number of nitrogens with zero attached hydrogens (tertiary/aromatic N) is 1. The Morgan fingerprint density at radius 2 is 2.32 bits per heavy atom. The van der Waals surface area contributed by atoms with E-state index >= 15 is 0 Å². The van der Waals surface area contributed by atoms with Crippen LogP contribution in [0.15, 0.2) is 18.2 Å². The average Bonchev–Trinajstić information content (AvgIpc) is 2.74. The third kappa shape index (κ3) is 1.75. The van der Waals surface area contributed by atoms with E-state index in [0.29, 0.717) is 30.0 Å². The number of benzene rings is 1. The molecule has 0 aromatic heterocycles. The predicted octanol–water partition coefficient (Wildman–Crippen LogP) is 1.99. The molecular formula is C17H20FNO3. The maximum absolute atomic E-state index is 14.7. The summed E-state index contributed by atoms with van der Waals surface area (Å²) < 4.78 is 26.1. The summed E-state index contributed by atoms with van der Waals surface area (Å²) >= 11 is 0. The van der Waals surface area contributed by atoms with Gasteiger partial charge in [0.05, 0.1) is 18.6 Å². The van der Waals surface area contributed by atoms with E-state index in [4.69, 9.17) is 9.47 Å². The first-order chi connectivity index (χ1) is 10.5. The summed E-state index contributed by atoms with van der Waals surface area (Å²) in [5.41, 5.74) is 1.26. The highest BCUT2D eigenvalue weighted by atomic mass is 19.1. The van der Waals surface area contributed by atoms with Crippen LogP contribution in [0.1, 0.15) is 24.0 Å². The number of rotatable bonds is 1. The first-order valence-corrected chi connectivity index (χ1v) is 7.67. The molecule has 0 amide bonds. The van der Waals surface area contributed by atoms with Crippen LogP contribution in [0, 0.1) is 5.82 Å². The van der Waals surface area contributed by atoms with Crippen molar-refractivity contribution in [3.63, 3.8) is 0 Å². The molecular weight excluding hydrogens is 285 g/mol. The van der Waals surface area contributed by atoms with E-state index in [0.717, 1.165) is 18.5 Å². The Bertz CT molecular complexity index is 660. The van der Waals surface area contributed by atoms with Crippen LogP contribution in [-0.4, -0.2) is 42.9 Å². The van der Waals surface area contributed by atoms with Gasteiger partial charge < -0.3 is 19.5 Å². The lowest BCUT2D eigenvalue weighted by molar-refractivity contribution is 0.0821. The molecule has 2 aliphatic heterocycles. The minimum absolute atomic E-state index is 0.163. The number of aliphatic hydroxyl groups excluding tert-OH is 1. The summed E-state index contributed by atoms with van der Waals surface area (Å²) in [6.45, 7) is 1.42. The molecule has 3 atom stereocenters. The molecule has 1 N–H and O–H groups in total. The first-order valence-electron chi connectivity index (χ1n) is 7.67. The van der Waals surface area contributed by atoms with Gasteiger partial charge in [-0.25, -0.2) is 4.39 Å². The summed E-state index contributed by atoms with van der Waals surface area (Å²) in [6.07, 6.45) is 4.55. The molecule has 4 rings (SSSR count). The van der Waals surface area contributed by atoms with Crippen LogP contribution in [0.3, 0.4) is 0 Å². The van der Waals surface area contributed by atoms with Crippen molar-refractivity contribution in [2.24, 2.45) is 0 Å². The van der Waals surface area contributed by atoms with Crippen LogP contribution in [0.4, 0.5) is 4.39 Å². The molecule has 0 fully saturated rings. The van der Waals surface area contributed by atoms with Crippen molar-refractivity contribution >= 4 is 0 Å². The molecule has 2 heterocycles. The van der Waals surface area contributed by atoms with Gasteiger partial charge >= 0.3 is 0 Å². The van der Waals surface area contributed by atoms with E-state index in [1.165, 1.54) is 13.2 Å². The van der Waals surface area contributed by atoms with Gasteiger partial charge in [0.15, 0.2) is 11.5 Å². The summed E-state index contributed by atoms with van der Waals surface area (Å²) in [5.74, 6) is 0.850. The van der Waals surface area contributed by atoms with Gasteiger partial charge in [0.2, 0.25) is 0 Å². The average molecular weight is 305 g/mol. The van der Waals surface area contributed by atoms with E-state index in [2.05, 4.69) is 4.90 Å². The molecule has 1 aliphatic carbocycles. The maximum Gasteiger partial charge on any atom is 0.166 e. The molecule has 3 aliphatic rings. The molecule has 1 spiro atoms. The van der Waals surface area contributed by atoms with E-state index in [1.807, 2.05) is 19.2 Å². The Morgan fingerprint density at radius 1 is 1.50 bits per heavy atom. The van der Waals surface area contributed by atoms with Gasteiger partial charge in [-0.1, -0.05) is 12.2 Å². The Balaban J connectivity index is 2.00. The van der Waals surface area contributed by atoms with Crippen LogP contribution >= 0.6 is 0 Å². The molecule has 22 heavy (non-hydrogen) atoms. The smallest absolute Gasteiger partial charge is 0.166 e. The van der Waals surface area contributed by atoms with Crippen molar-refractivity contribution in [2.75, 3.05) is 20.7 Å². The minimum atomic E-state index is -0.509. The van der Waals surface area contributed by atoms with Crippen molar-refractivity contribution in [1.29, 1.82) is 0 Å². The molecule has 4 nitrogen and oxygen atoms in total. The standard InChI is InChI=1S/C17H20FNO3/c1-19-6-5-17-4-3-10(20)7-14(17)22-16-13(21-2)8-12(18)11(9-19)15(16)17/h3-4,8,10,14,20H,5-7,9H2,1-2H3/t10-,14-,17-/m0/s1. The molecule has 118 valence electrons. The lowest BCUT2D eigenvalue weighted by atomic mass is 9.69. The number of hydrogen-bond donors (Lipinski definition) is 1. The highest BCUT2D eigenvalue weighted by Gasteiger charge is 2.53. The minimum Gasteiger partial charge on any atom is -0.493 e. The highest BCUT2D eigenvalue weighted by Crippen LogP contribution is 2.56. The number of halogens is 1. The molecule has 1 aromatic rings. The van der Waals surface area contributed by atoms with Crippen molar-refractivity contribution in [1.82, 2.24) is 4.90 Å². The van der Waals surface area contributed by atoms with Crippen LogP contribution < -0.4 is 9.47 Å². The number of methoxy groups -OCH3 is 1. The van der Waals surface area contributed by atoms with E-state index in [9.17, 15) is 9.50 Å². The molecule has 0 bridgehead atoms. The monoisotopic (exact) mass is 305 g/mol. The second-order valence-electron chi connectivity index (χ2n) is 6.54. The predicted molar refractivity (Wildman–Crippen MR) is 79.8 cm³/mol. The van der Waals surface area contributed by atoms with Crippen LogP contribution in [-0.2, 0) is 12.0 Å². The van der Waals surface area contributed by atoms with Gasteiger partial charge in [-0.15, -0.1) is 0 Å². The Hall–Kier alpha value is -1.59. The largest absolute Gasteiger partial charge is 0.493 e. The molecule has 5 heteroatoms. The Kier molecular flexibility index (Phi) is 3.00. The summed E-state index contributed by atoms with van der Waals surface area (Å²) in [6, 6.07) is 1.42.